The van der Waals surface area contributed by atoms with E-state index in [9.17, 15) is 9.59 Å². The molecular weight excluding hydrogens is 236 g/mol. The van der Waals surface area contributed by atoms with Gasteiger partial charge in [-0.15, -0.1) is 0 Å². The first-order chi connectivity index (χ1) is 8.08. The van der Waals surface area contributed by atoms with Crippen molar-refractivity contribution >= 4 is 12.1 Å². The highest BCUT2D eigenvalue weighted by molar-refractivity contribution is 5.75. The molecule has 0 rings (SSSR count). The zero-order valence-corrected chi connectivity index (χ0v) is 11.5. The average Bonchev–Trinajstić information content (AvgIpc) is 2.11. The van der Waals surface area contributed by atoms with E-state index < -0.39 is 17.1 Å². The number of carbonyl (C=O) groups excluding carboxylic acids is 2. The lowest BCUT2D eigenvalue weighted by Crippen LogP contribution is -2.56. The molecule has 0 aliphatic heterocycles. The molecule has 0 aromatic heterocycles. The summed E-state index contributed by atoms with van der Waals surface area (Å²) in [6.07, 6.45) is 0.462. The van der Waals surface area contributed by atoms with Crippen molar-refractivity contribution in [3.05, 3.63) is 0 Å². The molecule has 0 bridgehead atoms. The van der Waals surface area contributed by atoms with Crippen molar-refractivity contribution in [3.63, 3.8) is 0 Å². The van der Waals surface area contributed by atoms with Gasteiger partial charge in [0, 0.05) is 18.7 Å². The number of hydrogen-bond acceptors (Lipinski definition) is 3. The zero-order chi connectivity index (χ0) is 14.4. The Labute approximate surface area is 107 Å². The molecule has 4 amide bonds. The molecule has 106 valence electrons. The zero-order valence-electron chi connectivity index (χ0n) is 11.5. The Morgan fingerprint density at radius 3 is 2.11 bits per heavy atom. The number of aliphatic hydroxyl groups is 1. The normalized spacial score (nSPS) is 11.8. The first-order valence-electron chi connectivity index (χ1n) is 5.82. The molecule has 0 heterocycles. The van der Waals surface area contributed by atoms with E-state index in [2.05, 4.69) is 16.0 Å². The maximum absolute atomic E-state index is 11.6. The van der Waals surface area contributed by atoms with Crippen molar-refractivity contribution in [2.45, 2.75) is 45.2 Å². The van der Waals surface area contributed by atoms with Gasteiger partial charge >= 0.3 is 12.1 Å². The van der Waals surface area contributed by atoms with E-state index in [-0.39, 0.29) is 19.2 Å². The van der Waals surface area contributed by atoms with Gasteiger partial charge < -0.3 is 26.8 Å². The molecule has 0 spiro atoms. The van der Waals surface area contributed by atoms with Crippen LogP contribution in [0.2, 0.25) is 0 Å². The second-order valence-corrected chi connectivity index (χ2v) is 5.54. The predicted octanol–water partition coefficient (Wildman–Crippen LogP) is -0.106. The lowest BCUT2D eigenvalue weighted by atomic mass is 10.0. The van der Waals surface area contributed by atoms with Gasteiger partial charge in [0.15, 0.2) is 0 Å². The first kappa shape index (κ1) is 16.5. The Hall–Kier alpha value is -1.50. The number of urea groups is 2. The lowest BCUT2D eigenvalue weighted by molar-refractivity contribution is 0.206. The van der Waals surface area contributed by atoms with E-state index in [1.807, 2.05) is 13.8 Å². The van der Waals surface area contributed by atoms with Crippen LogP contribution in [0.5, 0.6) is 0 Å². The molecule has 0 radical (unpaired) electrons. The van der Waals surface area contributed by atoms with Crippen LogP contribution < -0.4 is 21.7 Å². The number of hydrogen-bond donors (Lipinski definition) is 5. The van der Waals surface area contributed by atoms with Gasteiger partial charge in [-0.1, -0.05) is 0 Å². The van der Waals surface area contributed by atoms with Gasteiger partial charge in [0.05, 0.1) is 5.54 Å². The number of nitrogens with two attached hydrogens (primary N) is 1. The molecule has 0 fully saturated rings. The van der Waals surface area contributed by atoms with Crippen LogP contribution in [-0.2, 0) is 0 Å². The van der Waals surface area contributed by atoms with E-state index in [0.29, 0.717) is 6.42 Å². The first-order valence-corrected chi connectivity index (χ1v) is 5.82. The Balaban J connectivity index is 4.14. The van der Waals surface area contributed by atoms with Crippen LogP contribution in [0, 0.1) is 0 Å². The number of primary amides is 1. The fraction of sp³-hybridized carbons (Fsp3) is 0.818. The lowest BCUT2D eigenvalue weighted by Gasteiger charge is -2.29. The van der Waals surface area contributed by atoms with Gasteiger partial charge in [-0.25, -0.2) is 9.59 Å². The summed E-state index contributed by atoms with van der Waals surface area (Å²) in [5.74, 6) is 0. The van der Waals surface area contributed by atoms with E-state index >= 15 is 0 Å². The topological polar surface area (TPSA) is 116 Å². The average molecular weight is 260 g/mol. The van der Waals surface area contributed by atoms with Crippen LogP contribution in [0.15, 0.2) is 0 Å². The summed E-state index contributed by atoms with van der Waals surface area (Å²) in [7, 11) is 0. The van der Waals surface area contributed by atoms with Crippen LogP contribution in [-0.4, -0.2) is 41.4 Å². The fourth-order valence-corrected chi connectivity index (χ4v) is 1.37. The van der Waals surface area contributed by atoms with Gasteiger partial charge in [-0.3, -0.25) is 0 Å². The Bertz CT molecular complexity index is 303. The molecule has 6 N–H and O–H groups in total. The van der Waals surface area contributed by atoms with Crippen LogP contribution >= 0.6 is 0 Å². The van der Waals surface area contributed by atoms with Crippen molar-refractivity contribution in [1.82, 2.24) is 16.0 Å². The highest BCUT2D eigenvalue weighted by Gasteiger charge is 2.23. The minimum Gasteiger partial charge on any atom is -0.396 e. The minimum absolute atomic E-state index is 0.00199. The molecule has 0 aliphatic rings. The van der Waals surface area contributed by atoms with E-state index in [1.54, 1.807) is 13.8 Å². The quantitative estimate of drug-likeness (QED) is 0.459. The van der Waals surface area contributed by atoms with Gasteiger partial charge in [-0.05, 0) is 34.1 Å². The maximum atomic E-state index is 11.6. The molecule has 0 aromatic carbocycles. The van der Waals surface area contributed by atoms with Crippen LogP contribution in [0.1, 0.15) is 34.1 Å². The largest absolute Gasteiger partial charge is 0.396 e. The number of aliphatic hydroxyl groups excluding tert-OH is 1. The summed E-state index contributed by atoms with van der Waals surface area (Å²) in [5, 5.41) is 16.7. The second-order valence-electron chi connectivity index (χ2n) is 5.54. The van der Waals surface area contributed by atoms with E-state index in [4.69, 9.17) is 10.8 Å². The molecule has 0 aromatic rings. The number of nitrogens with one attached hydrogen (secondary N) is 3. The molecule has 0 atom stereocenters. The van der Waals surface area contributed by atoms with E-state index in [0.717, 1.165) is 0 Å². The van der Waals surface area contributed by atoms with E-state index in [1.165, 1.54) is 0 Å². The minimum atomic E-state index is -0.636. The van der Waals surface area contributed by atoms with Gasteiger partial charge in [0.1, 0.15) is 0 Å². The van der Waals surface area contributed by atoms with Gasteiger partial charge in [0.2, 0.25) is 0 Å². The highest BCUT2D eigenvalue weighted by atomic mass is 16.3. The molecule has 7 nitrogen and oxygen atoms in total. The van der Waals surface area contributed by atoms with Crippen LogP contribution in [0.25, 0.3) is 0 Å². The van der Waals surface area contributed by atoms with Crippen molar-refractivity contribution in [2.75, 3.05) is 13.2 Å². The number of amides is 4. The number of rotatable bonds is 6. The van der Waals surface area contributed by atoms with Crippen molar-refractivity contribution in [1.29, 1.82) is 0 Å². The third kappa shape index (κ3) is 7.72. The number of carbonyl (C=O) groups is 2. The molecule has 7 heteroatoms. The Kier molecular flexibility index (Phi) is 5.90. The Morgan fingerprint density at radius 1 is 1.11 bits per heavy atom. The fourth-order valence-electron chi connectivity index (χ4n) is 1.37. The van der Waals surface area contributed by atoms with Gasteiger partial charge in [-0.2, -0.15) is 0 Å². The third-order valence-corrected chi connectivity index (χ3v) is 2.34. The SMILES string of the molecule is CC(C)(CNC(=O)NC(C)(C)CCO)NC(N)=O. The van der Waals surface area contributed by atoms with Gasteiger partial charge in [0.25, 0.3) is 0 Å². The molecule has 0 unspecified atom stereocenters. The van der Waals surface area contributed by atoms with Crippen molar-refractivity contribution < 1.29 is 14.7 Å². The highest BCUT2D eigenvalue weighted by Crippen LogP contribution is 2.06. The summed E-state index contributed by atoms with van der Waals surface area (Å²) in [6.45, 7) is 7.37. The predicted molar refractivity (Wildman–Crippen MR) is 69.1 cm³/mol. The maximum Gasteiger partial charge on any atom is 0.315 e. The molecule has 0 saturated carbocycles. The molecular formula is C11H24N4O3. The van der Waals surface area contributed by atoms with Crippen LogP contribution in [0.4, 0.5) is 9.59 Å². The summed E-state index contributed by atoms with van der Waals surface area (Å²) in [4.78, 5) is 22.3. The van der Waals surface area contributed by atoms with Crippen molar-refractivity contribution in [2.24, 2.45) is 5.73 Å². The molecule has 0 aliphatic carbocycles. The molecule has 18 heavy (non-hydrogen) atoms. The summed E-state index contributed by atoms with van der Waals surface area (Å²) in [5.41, 5.74) is 3.91. The smallest absolute Gasteiger partial charge is 0.315 e. The summed E-state index contributed by atoms with van der Waals surface area (Å²) >= 11 is 0. The second kappa shape index (κ2) is 6.44. The standard InChI is InChI=1S/C11H24N4O3/c1-10(2,5-6-16)15-9(18)13-7-11(3,4)14-8(12)17/h16H,5-7H2,1-4H3,(H3,12,14,17)(H2,13,15,18). The van der Waals surface area contributed by atoms with Crippen LogP contribution in [0.3, 0.4) is 0 Å². The summed E-state index contributed by atoms with van der Waals surface area (Å²) < 4.78 is 0. The molecule has 0 saturated heterocycles. The Morgan fingerprint density at radius 2 is 1.67 bits per heavy atom. The monoisotopic (exact) mass is 260 g/mol. The third-order valence-electron chi connectivity index (χ3n) is 2.34. The van der Waals surface area contributed by atoms with Crippen molar-refractivity contribution in [3.8, 4) is 0 Å². The summed E-state index contributed by atoms with van der Waals surface area (Å²) in [6, 6.07) is -0.990.